The SMILES string of the molecule is CCc1sc2nc(SCC(=O)N3CCCC3)n(-c3cccc(OC)c3)c(=O)c2c1C. The zero-order valence-corrected chi connectivity index (χ0v) is 19.1. The maximum Gasteiger partial charge on any atom is 0.267 e. The molecule has 0 saturated carbocycles. The first-order valence-corrected chi connectivity index (χ1v) is 11.9. The predicted molar refractivity (Wildman–Crippen MR) is 122 cm³/mol. The molecule has 1 aromatic carbocycles. The minimum atomic E-state index is -0.0992. The first kappa shape index (κ1) is 20.9. The minimum Gasteiger partial charge on any atom is -0.497 e. The average Bonchev–Trinajstić information content (AvgIpc) is 3.40. The van der Waals surface area contributed by atoms with Gasteiger partial charge in [0.1, 0.15) is 10.6 Å². The lowest BCUT2D eigenvalue weighted by atomic mass is 10.2. The lowest BCUT2D eigenvalue weighted by Crippen LogP contribution is -2.29. The van der Waals surface area contributed by atoms with Gasteiger partial charge in [-0.1, -0.05) is 24.8 Å². The summed E-state index contributed by atoms with van der Waals surface area (Å²) in [5, 5.41) is 1.20. The normalized spacial score (nSPS) is 13.9. The second kappa shape index (κ2) is 8.81. The van der Waals surface area contributed by atoms with Crippen molar-refractivity contribution in [3.8, 4) is 11.4 Å². The summed E-state index contributed by atoms with van der Waals surface area (Å²) in [5.41, 5.74) is 1.59. The van der Waals surface area contributed by atoms with Gasteiger partial charge in [-0.15, -0.1) is 11.3 Å². The van der Waals surface area contributed by atoms with E-state index >= 15 is 0 Å². The van der Waals surface area contributed by atoms with Gasteiger partial charge in [0.2, 0.25) is 5.91 Å². The topological polar surface area (TPSA) is 64.4 Å². The molecule has 0 aliphatic carbocycles. The maximum absolute atomic E-state index is 13.6. The Kier molecular flexibility index (Phi) is 6.15. The molecule has 1 aliphatic heterocycles. The molecular formula is C22H25N3O3S2. The van der Waals surface area contributed by atoms with Crippen LogP contribution in [-0.4, -0.2) is 46.3 Å². The molecule has 158 valence electrons. The number of rotatable bonds is 6. The van der Waals surface area contributed by atoms with E-state index in [0.29, 0.717) is 22.0 Å². The number of hydrogen-bond acceptors (Lipinski definition) is 6. The van der Waals surface area contributed by atoms with Gasteiger partial charge >= 0.3 is 0 Å². The van der Waals surface area contributed by atoms with E-state index < -0.39 is 0 Å². The smallest absolute Gasteiger partial charge is 0.267 e. The van der Waals surface area contributed by atoms with Gasteiger partial charge in [0.15, 0.2) is 5.16 Å². The van der Waals surface area contributed by atoms with Crippen molar-refractivity contribution in [2.45, 2.75) is 38.3 Å². The summed E-state index contributed by atoms with van der Waals surface area (Å²) in [5.74, 6) is 1.04. The molecule has 4 rings (SSSR count). The Hall–Kier alpha value is -2.32. The standard InChI is InChI=1S/C22H25N3O3S2/c1-4-17-14(2)19-20(30-17)23-22(29-13-18(26)24-10-5-6-11-24)25(21(19)27)15-8-7-9-16(12-15)28-3/h7-9,12H,4-6,10-11,13H2,1-3H3. The van der Waals surface area contributed by atoms with Crippen molar-refractivity contribution in [2.24, 2.45) is 0 Å². The van der Waals surface area contributed by atoms with E-state index in [4.69, 9.17) is 9.72 Å². The molecule has 3 aromatic rings. The molecular weight excluding hydrogens is 418 g/mol. The molecule has 0 radical (unpaired) electrons. The number of likely N-dealkylation sites (tertiary alicyclic amines) is 1. The van der Waals surface area contributed by atoms with Gasteiger partial charge in [-0.05, 0) is 43.9 Å². The third-order valence-corrected chi connectivity index (χ3v) is 7.70. The van der Waals surface area contributed by atoms with Crippen molar-refractivity contribution in [3.05, 3.63) is 45.1 Å². The van der Waals surface area contributed by atoms with Crippen LogP contribution in [0.2, 0.25) is 0 Å². The summed E-state index contributed by atoms with van der Waals surface area (Å²) in [4.78, 5) is 34.8. The van der Waals surface area contributed by atoms with E-state index in [-0.39, 0.29) is 17.2 Å². The number of ether oxygens (including phenoxy) is 1. The van der Waals surface area contributed by atoms with Crippen molar-refractivity contribution in [1.82, 2.24) is 14.5 Å². The maximum atomic E-state index is 13.6. The van der Waals surface area contributed by atoms with E-state index in [1.807, 2.05) is 36.1 Å². The van der Waals surface area contributed by atoms with Crippen LogP contribution in [0.1, 0.15) is 30.2 Å². The largest absolute Gasteiger partial charge is 0.497 e. The number of carbonyl (C=O) groups excluding carboxylic acids is 1. The Bertz CT molecular complexity index is 1150. The number of thioether (sulfide) groups is 1. The monoisotopic (exact) mass is 443 g/mol. The Morgan fingerprint density at radius 1 is 1.30 bits per heavy atom. The Morgan fingerprint density at radius 3 is 2.77 bits per heavy atom. The van der Waals surface area contributed by atoms with Gasteiger partial charge in [-0.25, -0.2) is 4.98 Å². The van der Waals surface area contributed by atoms with Crippen molar-refractivity contribution < 1.29 is 9.53 Å². The molecule has 1 saturated heterocycles. The average molecular weight is 444 g/mol. The number of aryl methyl sites for hydroxylation is 2. The lowest BCUT2D eigenvalue weighted by molar-refractivity contribution is -0.127. The summed E-state index contributed by atoms with van der Waals surface area (Å²) in [6.45, 7) is 5.71. The third kappa shape index (κ3) is 3.86. The van der Waals surface area contributed by atoms with Crippen molar-refractivity contribution in [1.29, 1.82) is 0 Å². The molecule has 0 spiro atoms. The number of thiophene rings is 1. The fourth-order valence-electron chi connectivity index (χ4n) is 3.81. The van der Waals surface area contributed by atoms with Crippen LogP contribution in [0, 0.1) is 6.92 Å². The van der Waals surface area contributed by atoms with Crippen molar-refractivity contribution in [3.63, 3.8) is 0 Å². The van der Waals surface area contributed by atoms with Gasteiger partial charge in [0, 0.05) is 24.0 Å². The van der Waals surface area contributed by atoms with E-state index in [1.54, 1.807) is 23.0 Å². The van der Waals surface area contributed by atoms with Crippen molar-refractivity contribution >= 4 is 39.2 Å². The van der Waals surface area contributed by atoms with Crippen LogP contribution in [-0.2, 0) is 11.2 Å². The minimum absolute atomic E-state index is 0.0978. The highest BCUT2D eigenvalue weighted by Gasteiger charge is 2.22. The molecule has 0 N–H and O–H groups in total. The van der Waals surface area contributed by atoms with Gasteiger partial charge in [0.25, 0.3) is 5.56 Å². The Morgan fingerprint density at radius 2 is 2.07 bits per heavy atom. The van der Waals surface area contributed by atoms with Crippen LogP contribution in [0.25, 0.3) is 15.9 Å². The van der Waals surface area contributed by atoms with Gasteiger partial charge < -0.3 is 9.64 Å². The first-order valence-electron chi connectivity index (χ1n) is 10.1. The van der Waals surface area contributed by atoms with Crippen LogP contribution in [0.15, 0.2) is 34.2 Å². The zero-order chi connectivity index (χ0) is 21.3. The highest BCUT2D eigenvalue weighted by Crippen LogP contribution is 2.31. The number of nitrogens with zero attached hydrogens (tertiary/aromatic N) is 3. The second-order valence-corrected chi connectivity index (χ2v) is 9.32. The van der Waals surface area contributed by atoms with Crippen LogP contribution < -0.4 is 10.3 Å². The zero-order valence-electron chi connectivity index (χ0n) is 17.4. The molecule has 8 heteroatoms. The van der Waals surface area contributed by atoms with Crippen LogP contribution in [0.3, 0.4) is 0 Å². The molecule has 1 amide bonds. The summed E-state index contributed by atoms with van der Waals surface area (Å²) in [6, 6.07) is 7.39. The van der Waals surface area contributed by atoms with E-state index in [1.165, 1.54) is 16.6 Å². The summed E-state index contributed by atoms with van der Waals surface area (Å²) >= 11 is 2.89. The van der Waals surface area contributed by atoms with E-state index in [9.17, 15) is 9.59 Å². The number of methoxy groups -OCH3 is 1. The number of hydrogen-bond donors (Lipinski definition) is 0. The highest BCUT2D eigenvalue weighted by molar-refractivity contribution is 7.99. The molecule has 0 unspecified atom stereocenters. The van der Waals surface area contributed by atoms with Crippen LogP contribution >= 0.6 is 23.1 Å². The fourth-order valence-corrected chi connectivity index (χ4v) is 5.88. The molecule has 0 atom stereocenters. The molecule has 1 fully saturated rings. The van der Waals surface area contributed by atoms with E-state index in [0.717, 1.165) is 42.7 Å². The van der Waals surface area contributed by atoms with Gasteiger partial charge in [-0.3, -0.25) is 14.2 Å². The number of amides is 1. The molecule has 6 nitrogen and oxygen atoms in total. The molecule has 3 heterocycles. The molecule has 0 bridgehead atoms. The Balaban J connectivity index is 1.81. The first-order chi connectivity index (χ1) is 14.5. The quantitative estimate of drug-likeness (QED) is 0.425. The lowest BCUT2D eigenvalue weighted by Gasteiger charge is -2.16. The van der Waals surface area contributed by atoms with Crippen molar-refractivity contribution in [2.75, 3.05) is 26.0 Å². The second-order valence-electron chi connectivity index (χ2n) is 7.30. The van der Waals surface area contributed by atoms with Gasteiger partial charge in [-0.2, -0.15) is 0 Å². The van der Waals surface area contributed by atoms with Crippen LogP contribution in [0.5, 0.6) is 5.75 Å². The third-order valence-electron chi connectivity index (χ3n) is 5.45. The van der Waals surface area contributed by atoms with Crippen LogP contribution in [0.4, 0.5) is 0 Å². The molecule has 2 aromatic heterocycles. The number of carbonyl (C=O) groups is 1. The number of benzene rings is 1. The Labute approximate surface area is 183 Å². The highest BCUT2D eigenvalue weighted by atomic mass is 32.2. The summed E-state index contributed by atoms with van der Waals surface area (Å²) < 4.78 is 6.97. The molecule has 30 heavy (non-hydrogen) atoms. The number of fused-ring (bicyclic) bond motifs is 1. The van der Waals surface area contributed by atoms with Gasteiger partial charge in [0.05, 0.1) is 23.9 Å². The van der Waals surface area contributed by atoms with E-state index in [2.05, 4.69) is 6.92 Å². The molecule has 1 aliphatic rings. The summed E-state index contributed by atoms with van der Waals surface area (Å²) in [7, 11) is 1.60. The summed E-state index contributed by atoms with van der Waals surface area (Å²) in [6.07, 6.45) is 2.98. The number of aromatic nitrogens is 2. The predicted octanol–water partition coefficient (Wildman–Crippen LogP) is 4.04. The fraction of sp³-hybridized carbons (Fsp3) is 0.409.